The molecule has 3 aromatic carbocycles. The Kier molecular flexibility index (Phi) is 4.43. The summed E-state index contributed by atoms with van der Waals surface area (Å²) in [6.07, 6.45) is 0.396. The van der Waals surface area contributed by atoms with Crippen molar-refractivity contribution in [1.82, 2.24) is 0 Å². The lowest BCUT2D eigenvalue weighted by Gasteiger charge is -2.22. The van der Waals surface area contributed by atoms with Crippen LogP contribution in [0.2, 0.25) is 0 Å². The van der Waals surface area contributed by atoms with Gasteiger partial charge in [-0.05, 0) is 34.4 Å². The average molecular weight is 354 g/mol. The molecule has 0 saturated heterocycles. The highest BCUT2D eigenvalue weighted by molar-refractivity contribution is 6.52. The minimum atomic E-state index is -0.436. The SMILES string of the molecule is COc1ccc(CC2=C(c3ccccc3)c3ccccc3C(=O)C2=O)cc1. The van der Waals surface area contributed by atoms with E-state index in [4.69, 9.17) is 4.74 Å². The summed E-state index contributed by atoms with van der Waals surface area (Å²) in [6, 6.07) is 24.7. The van der Waals surface area contributed by atoms with Crippen molar-refractivity contribution in [2.75, 3.05) is 7.11 Å². The van der Waals surface area contributed by atoms with Gasteiger partial charge in [-0.25, -0.2) is 0 Å². The number of fused-ring (bicyclic) bond motifs is 1. The maximum absolute atomic E-state index is 13.0. The summed E-state index contributed by atoms with van der Waals surface area (Å²) >= 11 is 0. The zero-order valence-electron chi connectivity index (χ0n) is 14.9. The molecule has 0 spiro atoms. The van der Waals surface area contributed by atoms with Crippen LogP contribution >= 0.6 is 0 Å². The predicted octanol–water partition coefficient (Wildman–Crippen LogP) is 4.51. The van der Waals surface area contributed by atoms with Crippen LogP contribution in [0.1, 0.15) is 27.0 Å². The third-order valence-electron chi connectivity index (χ3n) is 4.83. The molecule has 0 bridgehead atoms. The van der Waals surface area contributed by atoms with Gasteiger partial charge in [0.1, 0.15) is 5.75 Å². The fourth-order valence-electron chi connectivity index (χ4n) is 3.49. The van der Waals surface area contributed by atoms with E-state index in [1.807, 2.05) is 66.7 Å². The predicted molar refractivity (Wildman–Crippen MR) is 105 cm³/mol. The number of methoxy groups -OCH3 is 1. The Bertz CT molecular complexity index is 1040. The van der Waals surface area contributed by atoms with Crippen LogP contribution < -0.4 is 4.74 Å². The molecule has 0 unspecified atom stereocenters. The van der Waals surface area contributed by atoms with Gasteiger partial charge in [0, 0.05) is 17.6 Å². The molecule has 0 amide bonds. The zero-order valence-corrected chi connectivity index (χ0v) is 14.9. The first-order valence-electron chi connectivity index (χ1n) is 8.79. The number of carbonyl (C=O) groups excluding carboxylic acids is 2. The van der Waals surface area contributed by atoms with E-state index in [1.165, 1.54) is 0 Å². The van der Waals surface area contributed by atoms with E-state index < -0.39 is 11.6 Å². The number of Topliss-reactive ketones (excluding diaryl/α,β-unsaturated/α-hetero) is 2. The van der Waals surface area contributed by atoms with Crippen molar-refractivity contribution in [1.29, 1.82) is 0 Å². The third kappa shape index (κ3) is 3.08. The van der Waals surface area contributed by atoms with Crippen LogP contribution in [-0.2, 0) is 11.2 Å². The van der Waals surface area contributed by atoms with E-state index in [2.05, 4.69) is 0 Å². The van der Waals surface area contributed by atoms with Gasteiger partial charge in [0.2, 0.25) is 11.6 Å². The normalized spacial score (nSPS) is 13.5. The average Bonchev–Trinajstić information content (AvgIpc) is 2.73. The summed E-state index contributed by atoms with van der Waals surface area (Å²) in [5.74, 6) is -0.107. The van der Waals surface area contributed by atoms with Crippen LogP contribution in [0.25, 0.3) is 5.57 Å². The fourth-order valence-corrected chi connectivity index (χ4v) is 3.49. The fraction of sp³-hybridized carbons (Fsp3) is 0.0833. The van der Waals surface area contributed by atoms with Crippen LogP contribution in [0.3, 0.4) is 0 Å². The molecule has 0 heterocycles. The molecular formula is C24H18O3. The molecule has 0 aromatic heterocycles. The van der Waals surface area contributed by atoms with Crippen molar-refractivity contribution >= 4 is 17.1 Å². The first-order valence-corrected chi connectivity index (χ1v) is 8.79. The van der Waals surface area contributed by atoms with Gasteiger partial charge >= 0.3 is 0 Å². The number of rotatable bonds is 4. The van der Waals surface area contributed by atoms with Crippen molar-refractivity contribution in [3.05, 3.63) is 107 Å². The maximum Gasteiger partial charge on any atom is 0.233 e. The van der Waals surface area contributed by atoms with Gasteiger partial charge in [-0.1, -0.05) is 66.7 Å². The van der Waals surface area contributed by atoms with Crippen LogP contribution in [-0.4, -0.2) is 18.7 Å². The molecule has 0 radical (unpaired) electrons. The van der Waals surface area contributed by atoms with E-state index in [0.29, 0.717) is 17.6 Å². The zero-order chi connectivity index (χ0) is 18.8. The minimum absolute atomic E-state index is 0.396. The lowest BCUT2D eigenvalue weighted by atomic mass is 9.79. The molecule has 0 atom stereocenters. The maximum atomic E-state index is 13.0. The topological polar surface area (TPSA) is 43.4 Å². The summed E-state index contributed by atoms with van der Waals surface area (Å²) < 4.78 is 5.20. The molecule has 27 heavy (non-hydrogen) atoms. The van der Waals surface area contributed by atoms with Crippen LogP contribution in [0.4, 0.5) is 0 Å². The Morgan fingerprint density at radius 3 is 2.00 bits per heavy atom. The standard InChI is InChI=1S/C24H18O3/c1-27-18-13-11-16(12-14-18)15-21-22(17-7-3-2-4-8-17)19-9-5-6-10-20(19)23(25)24(21)26/h2-14H,15H2,1H3. The van der Waals surface area contributed by atoms with E-state index in [1.54, 1.807) is 19.2 Å². The van der Waals surface area contributed by atoms with Gasteiger partial charge in [-0.3, -0.25) is 9.59 Å². The Labute approximate surface area is 157 Å². The van der Waals surface area contributed by atoms with E-state index in [9.17, 15) is 9.59 Å². The largest absolute Gasteiger partial charge is 0.497 e. The quantitative estimate of drug-likeness (QED) is 0.648. The summed E-state index contributed by atoms with van der Waals surface area (Å²) in [4.78, 5) is 25.7. The van der Waals surface area contributed by atoms with Gasteiger partial charge in [0.25, 0.3) is 0 Å². The van der Waals surface area contributed by atoms with Gasteiger partial charge in [0.15, 0.2) is 0 Å². The number of ketones is 2. The highest BCUT2D eigenvalue weighted by Crippen LogP contribution is 2.36. The van der Waals surface area contributed by atoms with Crippen LogP contribution in [0.15, 0.2) is 84.4 Å². The van der Waals surface area contributed by atoms with Crippen LogP contribution in [0, 0.1) is 0 Å². The third-order valence-corrected chi connectivity index (χ3v) is 4.83. The summed E-state index contributed by atoms with van der Waals surface area (Å²) in [5, 5.41) is 0. The van der Waals surface area contributed by atoms with Crippen LogP contribution in [0.5, 0.6) is 5.75 Å². The minimum Gasteiger partial charge on any atom is -0.497 e. The Hall–Kier alpha value is -3.46. The highest BCUT2D eigenvalue weighted by Gasteiger charge is 2.32. The van der Waals surface area contributed by atoms with Crippen molar-refractivity contribution in [3.63, 3.8) is 0 Å². The molecule has 0 aliphatic heterocycles. The Balaban J connectivity index is 1.90. The molecule has 3 heteroatoms. The van der Waals surface area contributed by atoms with Gasteiger partial charge in [-0.15, -0.1) is 0 Å². The number of hydrogen-bond donors (Lipinski definition) is 0. The lowest BCUT2D eigenvalue weighted by molar-refractivity contribution is -0.111. The molecule has 132 valence electrons. The first-order chi connectivity index (χ1) is 13.2. The lowest BCUT2D eigenvalue weighted by Crippen LogP contribution is -2.25. The molecule has 1 aliphatic carbocycles. The van der Waals surface area contributed by atoms with Crippen molar-refractivity contribution in [3.8, 4) is 5.75 Å². The molecule has 1 aliphatic rings. The Morgan fingerprint density at radius 1 is 0.704 bits per heavy atom. The number of carbonyl (C=O) groups is 2. The van der Waals surface area contributed by atoms with E-state index >= 15 is 0 Å². The second-order valence-electron chi connectivity index (χ2n) is 6.45. The summed E-state index contributed by atoms with van der Waals surface area (Å²) in [7, 11) is 1.62. The van der Waals surface area contributed by atoms with Crippen molar-refractivity contribution < 1.29 is 14.3 Å². The highest BCUT2D eigenvalue weighted by atomic mass is 16.5. The molecule has 0 fully saturated rings. The van der Waals surface area contributed by atoms with E-state index in [0.717, 1.165) is 28.0 Å². The van der Waals surface area contributed by atoms with Gasteiger partial charge in [0.05, 0.1) is 7.11 Å². The molecule has 4 rings (SSSR count). The first kappa shape index (κ1) is 17.0. The number of hydrogen-bond acceptors (Lipinski definition) is 3. The molecule has 3 nitrogen and oxygen atoms in total. The number of allylic oxidation sites excluding steroid dienone is 1. The molecule has 0 saturated carbocycles. The second-order valence-corrected chi connectivity index (χ2v) is 6.45. The van der Waals surface area contributed by atoms with Crippen molar-refractivity contribution in [2.24, 2.45) is 0 Å². The molecule has 0 N–H and O–H groups in total. The summed E-state index contributed by atoms with van der Waals surface area (Å²) in [5.41, 5.74) is 4.56. The molecular weight excluding hydrogens is 336 g/mol. The smallest absolute Gasteiger partial charge is 0.233 e. The van der Waals surface area contributed by atoms with Crippen molar-refractivity contribution in [2.45, 2.75) is 6.42 Å². The second kappa shape index (κ2) is 7.04. The summed E-state index contributed by atoms with van der Waals surface area (Å²) in [6.45, 7) is 0. The van der Waals surface area contributed by atoms with Gasteiger partial charge in [-0.2, -0.15) is 0 Å². The molecule has 3 aromatic rings. The van der Waals surface area contributed by atoms with E-state index in [-0.39, 0.29) is 0 Å². The number of benzene rings is 3. The monoisotopic (exact) mass is 354 g/mol. The van der Waals surface area contributed by atoms with Gasteiger partial charge < -0.3 is 4.74 Å². The Morgan fingerprint density at radius 2 is 1.33 bits per heavy atom. The number of ether oxygens (including phenoxy) is 1.